The summed E-state index contributed by atoms with van der Waals surface area (Å²) in [6.07, 6.45) is 9.43. The summed E-state index contributed by atoms with van der Waals surface area (Å²) in [6, 6.07) is -0.400. The lowest BCUT2D eigenvalue weighted by Crippen LogP contribution is -2.50. The number of aromatic nitrogens is 2. The Balaban J connectivity index is 1.92. The lowest BCUT2D eigenvalue weighted by molar-refractivity contribution is -0.134. The van der Waals surface area contributed by atoms with E-state index < -0.39 is 23.7 Å². The number of hydrogen-bond donors (Lipinski definition) is 3. The molecular formula is C22H29N5O4. The summed E-state index contributed by atoms with van der Waals surface area (Å²) < 4.78 is 5.54. The van der Waals surface area contributed by atoms with Crippen LogP contribution in [-0.4, -0.2) is 52.9 Å². The van der Waals surface area contributed by atoms with Crippen molar-refractivity contribution >= 4 is 23.4 Å². The van der Waals surface area contributed by atoms with Crippen molar-refractivity contribution in [2.24, 2.45) is 5.73 Å². The minimum atomic E-state index is -1.40. The van der Waals surface area contributed by atoms with E-state index in [1.807, 2.05) is 6.92 Å². The van der Waals surface area contributed by atoms with Crippen LogP contribution in [0.25, 0.3) is 0 Å². The Hall–Kier alpha value is -2.78. The number of methoxy groups -OCH3 is 1. The molecule has 0 spiro atoms. The molecule has 2 heterocycles. The average molecular weight is 428 g/mol. The van der Waals surface area contributed by atoms with Gasteiger partial charge in [0.05, 0.1) is 17.2 Å². The van der Waals surface area contributed by atoms with Crippen LogP contribution in [-0.2, 0) is 14.3 Å². The number of amides is 1. The Bertz CT molecular complexity index is 969. The molecule has 1 aromatic heterocycles. The topological polar surface area (TPSA) is 131 Å². The smallest absolute Gasteiger partial charge is 0.332 e. The number of nitrogens with two attached hydrogens (primary N) is 1. The Morgan fingerprint density at radius 2 is 2.10 bits per heavy atom. The second kappa shape index (κ2) is 8.05. The zero-order valence-electron chi connectivity index (χ0n) is 18.1. The molecule has 1 saturated carbocycles. The number of carbonyl (C=O) groups excluding carboxylic acids is 1. The van der Waals surface area contributed by atoms with Crippen molar-refractivity contribution in [2.75, 3.05) is 24.4 Å². The third-order valence-electron chi connectivity index (χ3n) is 6.61. The summed E-state index contributed by atoms with van der Waals surface area (Å²) in [5.74, 6) is -1.02. The largest absolute Gasteiger partial charge is 0.478 e. The van der Waals surface area contributed by atoms with Crippen LogP contribution in [0.4, 0.5) is 11.5 Å². The van der Waals surface area contributed by atoms with Crippen LogP contribution < -0.4 is 16.0 Å². The lowest BCUT2D eigenvalue weighted by atomic mass is 9.83. The van der Waals surface area contributed by atoms with E-state index in [9.17, 15) is 14.7 Å². The summed E-state index contributed by atoms with van der Waals surface area (Å²) in [5.41, 5.74) is 6.58. The van der Waals surface area contributed by atoms with E-state index in [1.54, 1.807) is 24.1 Å². The molecule has 1 fully saturated rings. The van der Waals surface area contributed by atoms with E-state index in [4.69, 9.17) is 20.4 Å². The predicted molar refractivity (Wildman–Crippen MR) is 116 cm³/mol. The highest BCUT2D eigenvalue weighted by Crippen LogP contribution is 2.45. The number of ether oxygens (including phenoxy) is 1. The standard InChI is InChI=1S/C22H29N5O4/c1-4-14-20(28)27(2)17-16(12-8-5-6-9-12)25-18(26-19(17)24-14)15-13(21(29)30)10-7-11-22(15,23)31-3/h7,10-12,14-15H,4-6,8-9,23H2,1-3H3,(H,29,30)(H,24,25,26). The fourth-order valence-corrected chi connectivity index (χ4v) is 4.84. The van der Waals surface area contributed by atoms with Gasteiger partial charge in [0.15, 0.2) is 5.82 Å². The number of nitrogens with one attached hydrogen (secondary N) is 1. The molecule has 4 N–H and O–H groups in total. The molecule has 2 aliphatic carbocycles. The number of fused-ring (bicyclic) bond motifs is 1. The maximum absolute atomic E-state index is 12.8. The first-order chi connectivity index (χ1) is 14.8. The molecule has 1 aliphatic heterocycles. The third kappa shape index (κ3) is 3.51. The molecule has 3 aliphatic rings. The zero-order valence-corrected chi connectivity index (χ0v) is 18.1. The average Bonchev–Trinajstić information content (AvgIpc) is 3.30. The Kier molecular flexibility index (Phi) is 5.57. The highest BCUT2D eigenvalue weighted by atomic mass is 16.5. The minimum Gasteiger partial charge on any atom is -0.478 e. The first-order valence-electron chi connectivity index (χ1n) is 10.7. The number of rotatable bonds is 5. The van der Waals surface area contributed by atoms with Crippen LogP contribution >= 0.6 is 0 Å². The van der Waals surface area contributed by atoms with Crippen molar-refractivity contribution in [1.29, 1.82) is 0 Å². The van der Waals surface area contributed by atoms with E-state index in [0.717, 1.165) is 31.4 Å². The van der Waals surface area contributed by atoms with Crippen LogP contribution in [0.2, 0.25) is 0 Å². The van der Waals surface area contributed by atoms with E-state index in [0.29, 0.717) is 17.9 Å². The number of carbonyl (C=O) groups is 2. The molecule has 0 bridgehead atoms. The van der Waals surface area contributed by atoms with Gasteiger partial charge in [-0.2, -0.15) is 0 Å². The van der Waals surface area contributed by atoms with E-state index >= 15 is 0 Å². The quantitative estimate of drug-likeness (QED) is 0.610. The van der Waals surface area contributed by atoms with Gasteiger partial charge < -0.3 is 20.1 Å². The highest BCUT2D eigenvalue weighted by Gasteiger charge is 2.45. The molecule has 31 heavy (non-hydrogen) atoms. The van der Waals surface area contributed by atoms with Crippen molar-refractivity contribution < 1.29 is 19.4 Å². The van der Waals surface area contributed by atoms with Crippen LogP contribution in [0.5, 0.6) is 0 Å². The third-order valence-corrected chi connectivity index (χ3v) is 6.61. The summed E-state index contributed by atoms with van der Waals surface area (Å²) in [4.78, 5) is 36.1. The van der Waals surface area contributed by atoms with Crippen LogP contribution in [0.1, 0.15) is 62.4 Å². The molecular weight excluding hydrogens is 398 g/mol. The van der Waals surface area contributed by atoms with E-state index in [2.05, 4.69) is 5.32 Å². The van der Waals surface area contributed by atoms with Crippen molar-refractivity contribution in [2.45, 2.75) is 62.6 Å². The lowest BCUT2D eigenvalue weighted by Gasteiger charge is -2.38. The highest BCUT2D eigenvalue weighted by molar-refractivity contribution is 6.04. The van der Waals surface area contributed by atoms with Gasteiger partial charge in [-0.15, -0.1) is 0 Å². The molecule has 1 amide bonds. The first kappa shape index (κ1) is 21.5. The molecule has 0 aromatic carbocycles. The number of anilines is 2. The van der Waals surface area contributed by atoms with Crippen LogP contribution in [0.3, 0.4) is 0 Å². The number of carboxylic acids is 1. The van der Waals surface area contributed by atoms with Crippen molar-refractivity contribution in [3.63, 3.8) is 0 Å². The number of nitrogens with zero attached hydrogens (tertiary/aromatic N) is 3. The van der Waals surface area contributed by atoms with Gasteiger partial charge >= 0.3 is 5.97 Å². The van der Waals surface area contributed by atoms with Crippen LogP contribution in [0, 0.1) is 0 Å². The van der Waals surface area contributed by atoms with Crippen molar-refractivity contribution in [3.8, 4) is 0 Å². The number of likely N-dealkylation sites (N-methyl/N-ethyl adjacent to an activating group) is 1. The predicted octanol–water partition coefficient (Wildman–Crippen LogP) is 2.27. The maximum Gasteiger partial charge on any atom is 0.332 e. The molecule has 0 radical (unpaired) electrons. The Labute approximate surface area is 181 Å². The fourth-order valence-electron chi connectivity index (χ4n) is 4.84. The van der Waals surface area contributed by atoms with Gasteiger partial charge in [-0.1, -0.05) is 31.9 Å². The minimum absolute atomic E-state index is 0.0256. The summed E-state index contributed by atoms with van der Waals surface area (Å²) in [7, 11) is 3.19. The van der Waals surface area contributed by atoms with Crippen molar-refractivity contribution in [3.05, 3.63) is 35.3 Å². The zero-order chi connectivity index (χ0) is 22.3. The Morgan fingerprint density at radius 3 is 2.71 bits per heavy atom. The molecule has 4 rings (SSSR count). The SMILES string of the molecule is CCC1Nc2nc(C3C(C(=O)O)=CC=CC3(N)OC)nc(C3CCCC3)c2N(C)C1=O. The van der Waals surface area contributed by atoms with Crippen LogP contribution in [0.15, 0.2) is 23.8 Å². The second-order valence-corrected chi connectivity index (χ2v) is 8.43. The monoisotopic (exact) mass is 427 g/mol. The molecule has 3 unspecified atom stereocenters. The maximum atomic E-state index is 12.8. The number of carboxylic acid groups (broad SMARTS) is 1. The van der Waals surface area contributed by atoms with Crippen molar-refractivity contribution in [1.82, 2.24) is 9.97 Å². The summed E-state index contributed by atoms with van der Waals surface area (Å²) in [6.45, 7) is 1.93. The summed E-state index contributed by atoms with van der Waals surface area (Å²) >= 11 is 0. The van der Waals surface area contributed by atoms with Gasteiger partial charge in [-0.05, 0) is 25.3 Å². The fraction of sp³-hybridized carbons (Fsp3) is 0.545. The van der Waals surface area contributed by atoms with E-state index in [-0.39, 0.29) is 23.2 Å². The van der Waals surface area contributed by atoms with Gasteiger partial charge in [0.1, 0.15) is 23.3 Å². The summed E-state index contributed by atoms with van der Waals surface area (Å²) in [5, 5.41) is 13.1. The number of hydrogen-bond acceptors (Lipinski definition) is 7. The first-order valence-corrected chi connectivity index (χ1v) is 10.7. The van der Waals surface area contributed by atoms with Gasteiger partial charge in [0.2, 0.25) is 5.91 Å². The molecule has 3 atom stereocenters. The van der Waals surface area contributed by atoms with E-state index in [1.165, 1.54) is 13.2 Å². The number of aliphatic carboxylic acids is 1. The van der Waals surface area contributed by atoms with Gasteiger partial charge in [0.25, 0.3) is 0 Å². The molecule has 9 heteroatoms. The van der Waals surface area contributed by atoms with Gasteiger partial charge in [-0.3, -0.25) is 10.5 Å². The normalized spacial score (nSPS) is 28.3. The van der Waals surface area contributed by atoms with Gasteiger partial charge in [-0.25, -0.2) is 14.8 Å². The molecule has 0 saturated heterocycles. The second-order valence-electron chi connectivity index (χ2n) is 8.43. The Morgan fingerprint density at radius 1 is 1.39 bits per heavy atom. The molecule has 166 valence electrons. The molecule has 1 aromatic rings. The van der Waals surface area contributed by atoms with Gasteiger partial charge in [0, 0.05) is 20.1 Å². The number of allylic oxidation sites excluding steroid dienone is 2. The molecule has 9 nitrogen and oxygen atoms in total.